The number of nitrogens with one attached hydrogen (secondary N) is 1. The highest BCUT2D eigenvalue weighted by atomic mass is 32.2. The number of hydrogen-bond acceptors (Lipinski definition) is 4. The van der Waals surface area contributed by atoms with Gasteiger partial charge in [0.05, 0.1) is 11.0 Å². The van der Waals surface area contributed by atoms with Crippen molar-refractivity contribution in [2.24, 2.45) is 0 Å². The maximum Gasteiger partial charge on any atom is 0.154 e. The quantitative estimate of drug-likeness (QED) is 0.944. The fourth-order valence-electron chi connectivity index (χ4n) is 2.71. The van der Waals surface area contributed by atoms with E-state index in [1.54, 1.807) is 11.3 Å². The Kier molecular flexibility index (Phi) is 3.84. The molecule has 1 aromatic heterocycles. The van der Waals surface area contributed by atoms with E-state index in [2.05, 4.69) is 30.4 Å². The van der Waals surface area contributed by atoms with Crippen LogP contribution in [0, 0.1) is 0 Å². The molecule has 2 heterocycles. The van der Waals surface area contributed by atoms with Crippen molar-refractivity contribution in [2.45, 2.75) is 31.1 Å². The zero-order valence-corrected chi connectivity index (χ0v) is 13.1. The van der Waals surface area contributed by atoms with Crippen molar-refractivity contribution >= 4 is 31.3 Å². The molecular weight excluding hydrogens is 290 g/mol. The number of thiophene rings is 1. The fourth-order valence-corrected chi connectivity index (χ4v) is 5.58. The minimum atomic E-state index is -2.85. The Labute approximate surface area is 123 Å². The Morgan fingerprint density at radius 1 is 1.40 bits per heavy atom. The smallest absolute Gasteiger partial charge is 0.154 e. The van der Waals surface area contributed by atoms with Crippen LogP contribution >= 0.6 is 11.3 Å². The third kappa shape index (κ3) is 2.75. The molecule has 5 heteroatoms. The van der Waals surface area contributed by atoms with E-state index in [1.807, 2.05) is 12.1 Å². The summed E-state index contributed by atoms with van der Waals surface area (Å²) in [6, 6.07) is 10.7. The standard InChI is InChI=1S/C15H19NO2S2/c1-11(16-10-13-6-4-8-20(13,17)18)15-9-12-5-2-3-7-14(12)19-15/h2-3,5,7,9,11,13,16H,4,6,8,10H2,1H3. The van der Waals surface area contributed by atoms with E-state index in [0.717, 1.165) is 12.8 Å². The highest BCUT2D eigenvalue weighted by Crippen LogP contribution is 2.30. The maximum absolute atomic E-state index is 11.8. The lowest BCUT2D eigenvalue weighted by Crippen LogP contribution is -2.31. The minimum absolute atomic E-state index is 0.195. The molecule has 2 atom stereocenters. The molecule has 1 fully saturated rings. The summed E-state index contributed by atoms with van der Waals surface area (Å²) < 4.78 is 24.9. The summed E-state index contributed by atoms with van der Waals surface area (Å²) in [6.07, 6.45) is 1.61. The summed E-state index contributed by atoms with van der Waals surface area (Å²) >= 11 is 1.78. The van der Waals surface area contributed by atoms with E-state index in [-0.39, 0.29) is 11.3 Å². The van der Waals surface area contributed by atoms with E-state index in [4.69, 9.17) is 0 Å². The summed E-state index contributed by atoms with van der Waals surface area (Å²) in [7, 11) is -2.85. The van der Waals surface area contributed by atoms with Gasteiger partial charge in [-0.15, -0.1) is 11.3 Å². The first kappa shape index (κ1) is 14.0. The fraction of sp³-hybridized carbons (Fsp3) is 0.467. The normalized spacial score (nSPS) is 23.1. The molecule has 2 aromatic rings. The minimum Gasteiger partial charge on any atom is -0.308 e. The molecule has 0 aliphatic carbocycles. The molecule has 1 aromatic carbocycles. The number of hydrogen-bond donors (Lipinski definition) is 1. The number of sulfone groups is 1. The third-order valence-corrected chi connectivity index (χ3v) is 7.56. The van der Waals surface area contributed by atoms with Crippen molar-refractivity contribution in [1.29, 1.82) is 0 Å². The van der Waals surface area contributed by atoms with Crippen LogP contribution in [-0.4, -0.2) is 26.0 Å². The molecule has 108 valence electrons. The van der Waals surface area contributed by atoms with Crippen LogP contribution in [0.4, 0.5) is 0 Å². The Morgan fingerprint density at radius 2 is 2.20 bits per heavy atom. The van der Waals surface area contributed by atoms with Gasteiger partial charge in [-0.25, -0.2) is 8.42 Å². The van der Waals surface area contributed by atoms with Gasteiger partial charge in [0.2, 0.25) is 0 Å². The SMILES string of the molecule is CC(NCC1CCCS1(=O)=O)c1cc2ccccc2s1. The Bertz CT molecular complexity index is 672. The van der Waals surface area contributed by atoms with Crippen LogP contribution in [0.1, 0.15) is 30.7 Å². The lowest BCUT2D eigenvalue weighted by atomic mass is 10.2. The van der Waals surface area contributed by atoms with Crippen molar-refractivity contribution in [3.05, 3.63) is 35.2 Å². The summed E-state index contributed by atoms with van der Waals surface area (Å²) in [4.78, 5) is 1.27. The van der Waals surface area contributed by atoms with E-state index < -0.39 is 9.84 Å². The van der Waals surface area contributed by atoms with Gasteiger partial charge in [0.1, 0.15) is 0 Å². The predicted molar refractivity (Wildman–Crippen MR) is 85.1 cm³/mol. The number of fused-ring (bicyclic) bond motifs is 1. The van der Waals surface area contributed by atoms with Gasteiger partial charge in [-0.1, -0.05) is 18.2 Å². The monoisotopic (exact) mass is 309 g/mol. The van der Waals surface area contributed by atoms with Crippen LogP contribution in [0.2, 0.25) is 0 Å². The summed E-state index contributed by atoms with van der Waals surface area (Å²) in [5.41, 5.74) is 0. The molecule has 3 rings (SSSR count). The van der Waals surface area contributed by atoms with Crippen molar-refractivity contribution in [1.82, 2.24) is 5.32 Å². The summed E-state index contributed by atoms with van der Waals surface area (Å²) in [5, 5.41) is 4.45. The molecule has 0 saturated carbocycles. The molecule has 1 saturated heterocycles. The van der Waals surface area contributed by atoms with Crippen LogP contribution in [0.25, 0.3) is 10.1 Å². The van der Waals surface area contributed by atoms with Gasteiger partial charge in [-0.05, 0) is 37.3 Å². The molecule has 0 radical (unpaired) electrons. The summed E-state index contributed by atoms with van der Waals surface area (Å²) in [6.45, 7) is 2.67. The van der Waals surface area contributed by atoms with E-state index >= 15 is 0 Å². The third-order valence-electron chi connectivity index (χ3n) is 3.99. The first-order valence-corrected chi connectivity index (χ1v) is 9.53. The average molecular weight is 309 g/mol. The molecule has 1 N–H and O–H groups in total. The van der Waals surface area contributed by atoms with Crippen LogP contribution in [-0.2, 0) is 9.84 Å². The number of rotatable bonds is 4. The lowest BCUT2D eigenvalue weighted by Gasteiger charge is -2.15. The Hall–Kier alpha value is -0.910. The van der Waals surface area contributed by atoms with Crippen molar-refractivity contribution < 1.29 is 8.42 Å². The van der Waals surface area contributed by atoms with Crippen molar-refractivity contribution in [3.63, 3.8) is 0 Å². The predicted octanol–water partition coefficient (Wildman–Crippen LogP) is 3.13. The molecule has 0 amide bonds. The zero-order valence-electron chi connectivity index (χ0n) is 11.5. The zero-order chi connectivity index (χ0) is 14.2. The van der Waals surface area contributed by atoms with Gasteiger partial charge in [0.15, 0.2) is 9.84 Å². The van der Waals surface area contributed by atoms with Crippen LogP contribution in [0.5, 0.6) is 0 Å². The van der Waals surface area contributed by atoms with Crippen molar-refractivity contribution in [3.8, 4) is 0 Å². The molecule has 0 bridgehead atoms. The van der Waals surface area contributed by atoms with Gasteiger partial charge in [0, 0.05) is 22.2 Å². The van der Waals surface area contributed by atoms with Gasteiger partial charge >= 0.3 is 0 Å². The molecule has 20 heavy (non-hydrogen) atoms. The maximum atomic E-state index is 11.8. The van der Waals surface area contributed by atoms with Gasteiger partial charge in [-0.3, -0.25) is 0 Å². The second kappa shape index (κ2) is 5.47. The number of benzene rings is 1. The topological polar surface area (TPSA) is 46.2 Å². The average Bonchev–Trinajstić information content (AvgIpc) is 2.98. The van der Waals surface area contributed by atoms with Gasteiger partial charge < -0.3 is 5.32 Å². The van der Waals surface area contributed by atoms with E-state index in [9.17, 15) is 8.42 Å². The molecule has 1 aliphatic heterocycles. The highest BCUT2D eigenvalue weighted by molar-refractivity contribution is 7.92. The van der Waals surface area contributed by atoms with Crippen LogP contribution < -0.4 is 5.32 Å². The van der Waals surface area contributed by atoms with Crippen molar-refractivity contribution in [2.75, 3.05) is 12.3 Å². The Morgan fingerprint density at radius 3 is 2.90 bits per heavy atom. The van der Waals surface area contributed by atoms with E-state index in [1.165, 1.54) is 15.0 Å². The Balaban J connectivity index is 1.68. The second-order valence-electron chi connectivity index (χ2n) is 5.45. The first-order chi connectivity index (χ1) is 9.56. The highest BCUT2D eigenvalue weighted by Gasteiger charge is 2.31. The molecular formula is C15H19NO2S2. The van der Waals surface area contributed by atoms with Gasteiger partial charge in [0.25, 0.3) is 0 Å². The molecule has 1 aliphatic rings. The summed E-state index contributed by atoms with van der Waals surface area (Å²) in [5.74, 6) is 0.358. The second-order valence-corrected chi connectivity index (χ2v) is 8.96. The van der Waals surface area contributed by atoms with Crippen LogP contribution in [0.15, 0.2) is 30.3 Å². The first-order valence-electron chi connectivity index (χ1n) is 7.00. The van der Waals surface area contributed by atoms with Crippen LogP contribution in [0.3, 0.4) is 0 Å². The largest absolute Gasteiger partial charge is 0.308 e. The molecule has 0 spiro atoms. The lowest BCUT2D eigenvalue weighted by molar-refractivity contribution is 0.542. The molecule has 2 unspecified atom stereocenters. The van der Waals surface area contributed by atoms with Gasteiger partial charge in [-0.2, -0.15) is 0 Å². The van der Waals surface area contributed by atoms with E-state index in [0.29, 0.717) is 12.3 Å². The molecule has 3 nitrogen and oxygen atoms in total.